The Morgan fingerprint density at radius 3 is 2.05 bits per heavy atom. The van der Waals surface area contributed by atoms with Crippen molar-refractivity contribution in [2.75, 3.05) is 7.11 Å². The summed E-state index contributed by atoms with van der Waals surface area (Å²) in [6.07, 6.45) is 4.87. The molecule has 0 aliphatic carbocycles. The second-order valence-electron chi connectivity index (χ2n) is 3.03. The minimum absolute atomic E-state index is 0. The standard InChI is InChI=1S/C8H6NO3.2C3H7.Ni/c1-12-8(11)6-2-3-7(5-10)9-4-6;2*1-3-2;/h2-4H,1H3;2*1,3H2,2H3;/q3*-1;+3. The van der Waals surface area contributed by atoms with Crippen molar-refractivity contribution >= 4 is 12.3 Å². The molecule has 0 atom stereocenters. The van der Waals surface area contributed by atoms with Gasteiger partial charge in [-0.25, -0.2) is 4.79 Å². The van der Waals surface area contributed by atoms with Gasteiger partial charge in [0, 0.05) is 12.5 Å². The zero-order chi connectivity index (χ0) is 14.4. The number of esters is 1. The van der Waals surface area contributed by atoms with Crippen LogP contribution in [0.25, 0.3) is 0 Å². The predicted molar refractivity (Wildman–Crippen MR) is 71.7 cm³/mol. The Morgan fingerprint density at radius 1 is 1.32 bits per heavy atom. The van der Waals surface area contributed by atoms with Crippen molar-refractivity contribution in [1.29, 1.82) is 0 Å². The topological polar surface area (TPSA) is 56.3 Å². The molecule has 5 heteroatoms. The van der Waals surface area contributed by atoms with Gasteiger partial charge in [0.05, 0.1) is 12.7 Å². The number of hydrogen-bond donors (Lipinski definition) is 0. The molecule has 0 unspecified atom stereocenters. The van der Waals surface area contributed by atoms with Gasteiger partial charge in [-0.3, -0.25) is 4.98 Å². The number of methoxy groups -OCH3 is 1. The minimum Gasteiger partial charge on any atom is -0.465 e. The van der Waals surface area contributed by atoms with Gasteiger partial charge in [0.25, 0.3) is 0 Å². The van der Waals surface area contributed by atoms with E-state index in [1.807, 2.05) is 13.8 Å². The molecule has 0 saturated carbocycles. The van der Waals surface area contributed by atoms with E-state index < -0.39 is 5.97 Å². The minimum atomic E-state index is -0.472. The van der Waals surface area contributed by atoms with Crippen molar-refractivity contribution in [3.8, 4) is 0 Å². The van der Waals surface area contributed by atoms with Crippen molar-refractivity contribution in [3.05, 3.63) is 43.4 Å². The smallest absolute Gasteiger partial charge is 0.465 e. The van der Waals surface area contributed by atoms with E-state index in [9.17, 15) is 9.59 Å². The van der Waals surface area contributed by atoms with E-state index in [0.717, 1.165) is 12.8 Å². The molecule has 1 heterocycles. The van der Waals surface area contributed by atoms with Gasteiger partial charge in [0.15, 0.2) is 0 Å². The van der Waals surface area contributed by atoms with E-state index in [-0.39, 0.29) is 22.2 Å². The van der Waals surface area contributed by atoms with Crippen LogP contribution in [0.5, 0.6) is 0 Å². The summed E-state index contributed by atoms with van der Waals surface area (Å²) in [5, 5.41) is 0. The molecule has 19 heavy (non-hydrogen) atoms. The Labute approximate surface area is 125 Å². The molecule has 4 nitrogen and oxygen atoms in total. The molecule has 1 aromatic heterocycles. The molecule has 0 amide bonds. The Kier molecular flexibility index (Phi) is 20.2. The number of pyridine rings is 1. The summed E-state index contributed by atoms with van der Waals surface area (Å²) in [4.78, 5) is 24.5. The van der Waals surface area contributed by atoms with E-state index >= 15 is 0 Å². The van der Waals surface area contributed by atoms with Gasteiger partial charge in [-0.1, -0.05) is 19.5 Å². The summed E-state index contributed by atoms with van der Waals surface area (Å²) in [6, 6.07) is 2.86. The van der Waals surface area contributed by atoms with Gasteiger partial charge in [0.2, 0.25) is 0 Å². The predicted octanol–water partition coefficient (Wildman–Crippen LogP) is 2.78. The largest absolute Gasteiger partial charge is 3.00 e. The van der Waals surface area contributed by atoms with Crippen LogP contribution in [0.15, 0.2) is 18.3 Å². The van der Waals surface area contributed by atoms with E-state index in [1.54, 1.807) is 6.29 Å². The van der Waals surface area contributed by atoms with E-state index in [0.29, 0.717) is 5.56 Å². The first-order valence-corrected chi connectivity index (χ1v) is 5.62. The normalized spacial score (nSPS) is 7.63. The molecule has 0 aliphatic rings. The third-order valence-corrected chi connectivity index (χ3v) is 1.29. The Bertz CT molecular complexity index is 324. The van der Waals surface area contributed by atoms with Crippen molar-refractivity contribution in [2.24, 2.45) is 0 Å². The molecular formula is C14H20NNiO3. The number of carbonyl (C=O) groups is 1. The van der Waals surface area contributed by atoms with Gasteiger partial charge in [-0.2, -0.15) is 18.9 Å². The van der Waals surface area contributed by atoms with Gasteiger partial charge in [-0.05, 0) is 0 Å². The van der Waals surface area contributed by atoms with Crippen molar-refractivity contribution < 1.29 is 30.8 Å². The molecule has 109 valence electrons. The first kappa shape index (κ1) is 22.9. The summed E-state index contributed by atoms with van der Waals surface area (Å²) in [6.45, 7) is 11.0. The number of nitrogens with zero attached hydrogens (tertiary/aromatic N) is 1. The van der Waals surface area contributed by atoms with Crippen LogP contribution in [-0.4, -0.2) is 24.3 Å². The third-order valence-electron chi connectivity index (χ3n) is 1.29. The van der Waals surface area contributed by atoms with Crippen LogP contribution in [0.4, 0.5) is 0 Å². The molecular weight excluding hydrogens is 289 g/mol. The molecule has 0 aliphatic heterocycles. The van der Waals surface area contributed by atoms with E-state index in [1.165, 1.54) is 25.4 Å². The average molecular weight is 309 g/mol. The first-order valence-electron chi connectivity index (χ1n) is 5.62. The fraction of sp³-hybridized carbons (Fsp3) is 0.357. The fourth-order valence-corrected chi connectivity index (χ4v) is 0.693. The van der Waals surface area contributed by atoms with Crippen LogP contribution in [0.1, 0.15) is 42.7 Å². The summed E-state index contributed by atoms with van der Waals surface area (Å²) in [5.74, 6) is -0.472. The van der Waals surface area contributed by atoms with E-state index in [4.69, 9.17) is 0 Å². The maximum Gasteiger partial charge on any atom is 3.00 e. The van der Waals surface area contributed by atoms with Crippen LogP contribution in [0.3, 0.4) is 0 Å². The van der Waals surface area contributed by atoms with Crippen LogP contribution in [0.2, 0.25) is 0 Å². The van der Waals surface area contributed by atoms with Crippen LogP contribution in [0, 0.1) is 13.8 Å². The van der Waals surface area contributed by atoms with Crippen molar-refractivity contribution in [2.45, 2.75) is 26.7 Å². The molecule has 0 spiro atoms. The van der Waals surface area contributed by atoms with Crippen LogP contribution in [-0.2, 0) is 26.0 Å². The number of carbonyl (C=O) groups excluding carboxylic acids is 2. The monoisotopic (exact) mass is 308 g/mol. The Hall–Kier alpha value is -1.22. The Morgan fingerprint density at radius 2 is 1.79 bits per heavy atom. The molecule has 0 N–H and O–H groups in total. The molecule has 0 saturated heterocycles. The maximum absolute atomic E-state index is 10.9. The first-order chi connectivity index (χ1) is 8.60. The molecule has 1 aromatic rings. The number of ether oxygens (including phenoxy) is 1. The maximum atomic E-state index is 10.9. The zero-order valence-corrected chi connectivity index (χ0v) is 12.5. The third kappa shape index (κ3) is 13.0. The van der Waals surface area contributed by atoms with Crippen molar-refractivity contribution in [1.82, 2.24) is 4.98 Å². The summed E-state index contributed by atoms with van der Waals surface area (Å²) < 4.78 is 4.43. The SMILES string of the molecule is COC(=O)c1ccc([C-]=O)nc1.[CH2-]CC.[CH2-]CC.[Ni+3]. The molecule has 0 bridgehead atoms. The van der Waals surface area contributed by atoms with Crippen LogP contribution >= 0.6 is 0 Å². The number of hydrogen-bond acceptors (Lipinski definition) is 4. The molecule has 1 radical (unpaired) electrons. The average Bonchev–Trinajstić information content (AvgIpc) is 2.40. The van der Waals surface area contributed by atoms with Crippen molar-refractivity contribution in [3.63, 3.8) is 0 Å². The van der Waals surface area contributed by atoms with E-state index in [2.05, 4.69) is 23.6 Å². The summed E-state index contributed by atoms with van der Waals surface area (Å²) >= 11 is 0. The summed E-state index contributed by atoms with van der Waals surface area (Å²) in [7, 11) is 1.28. The van der Waals surface area contributed by atoms with Gasteiger partial charge >= 0.3 is 22.5 Å². The summed E-state index contributed by atoms with van der Waals surface area (Å²) in [5.41, 5.74) is 0.485. The van der Waals surface area contributed by atoms with Gasteiger partial charge < -0.3 is 23.4 Å². The Balaban J connectivity index is -0.000000314. The zero-order valence-electron chi connectivity index (χ0n) is 11.5. The second-order valence-corrected chi connectivity index (χ2v) is 3.03. The second kappa shape index (κ2) is 16.8. The number of rotatable bonds is 2. The van der Waals surface area contributed by atoms with Gasteiger partial charge in [-0.15, -0.1) is 6.07 Å². The molecule has 0 aromatic carbocycles. The fourth-order valence-electron chi connectivity index (χ4n) is 0.693. The number of aromatic nitrogens is 1. The molecule has 1 rings (SSSR count). The van der Waals surface area contributed by atoms with Crippen LogP contribution < -0.4 is 0 Å². The quantitative estimate of drug-likeness (QED) is 0.479. The molecule has 0 fully saturated rings. The van der Waals surface area contributed by atoms with Gasteiger partial charge in [0.1, 0.15) is 0 Å².